The molecule has 5 heteroatoms. The molecule has 1 aromatic rings. The van der Waals surface area contributed by atoms with Crippen LogP contribution in [0.25, 0.3) is 0 Å². The zero-order valence-corrected chi connectivity index (χ0v) is 12.7. The fraction of sp³-hybridized carbons (Fsp3) is 0.533. The third-order valence-electron chi connectivity index (χ3n) is 3.53. The Kier molecular flexibility index (Phi) is 5.59. The Balaban J connectivity index is 1.94. The Morgan fingerprint density at radius 2 is 2.00 bits per heavy atom. The summed E-state index contributed by atoms with van der Waals surface area (Å²) in [5.74, 6) is 3.64. The number of rotatable bonds is 6. The Morgan fingerprint density at radius 1 is 1.30 bits per heavy atom. The van der Waals surface area contributed by atoms with Crippen LogP contribution in [0.2, 0.25) is 0 Å². The van der Waals surface area contributed by atoms with Crippen molar-refractivity contribution in [3.8, 4) is 11.5 Å². The van der Waals surface area contributed by atoms with Crippen molar-refractivity contribution in [1.29, 1.82) is 0 Å². The van der Waals surface area contributed by atoms with E-state index in [0.717, 1.165) is 29.4 Å². The van der Waals surface area contributed by atoms with Crippen LogP contribution in [-0.4, -0.2) is 38.3 Å². The normalized spacial score (nSPS) is 19.4. The number of hydrogen-bond donors (Lipinski definition) is 0. The Hall–Kier alpha value is -1.36. The smallest absolute Gasteiger partial charge is 0.312 e. The molecular weight excluding hydrogens is 276 g/mol. The summed E-state index contributed by atoms with van der Waals surface area (Å²) in [5, 5.41) is 0. The van der Waals surface area contributed by atoms with Crippen LogP contribution in [0.5, 0.6) is 11.5 Å². The molecule has 1 aromatic carbocycles. The van der Waals surface area contributed by atoms with Gasteiger partial charge in [0, 0.05) is 0 Å². The number of carbonyl (C=O) groups excluding carboxylic acids is 1. The maximum Gasteiger partial charge on any atom is 0.312 e. The second-order valence-corrected chi connectivity index (χ2v) is 5.89. The van der Waals surface area contributed by atoms with Crippen molar-refractivity contribution >= 4 is 17.7 Å². The Labute approximate surface area is 123 Å². The molecule has 0 bridgehead atoms. The average Bonchev–Trinajstić information content (AvgIpc) is 3.02. The first-order valence-electron chi connectivity index (χ1n) is 6.67. The Morgan fingerprint density at radius 3 is 2.55 bits per heavy atom. The van der Waals surface area contributed by atoms with E-state index < -0.39 is 0 Å². The molecule has 0 radical (unpaired) electrons. The maximum atomic E-state index is 11.9. The molecule has 1 heterocycles. The van der Waals surface area contributed by atoms with E-state index in [0.29, 0.717) is 12.5 Å². The third-order valence-corrected chi connectivity index (χ3v) is 4.72. The molecular formula is C15H20O4S. The van der Waals surface area contributed by atoms with E-state index in [2.05, 4.69) is 0 Å². The van der Waals surface area contributed by atoms with Gasteiger partial charge in [-0.1, -0.05) is 0 Å². The van der Waals surface area contributed by atoms with Gasteiger partial charge in [-0.25, -0.2) is 0 Å². The van der Waals surface area contributed by atoms with Gasteiger partial charge in [-0.15, -0.1) is 0 Å². The second kappa shape index (κ2) is 7.43. The maximum absolute atomic E-state index is 11.9. The van der Waals surface area contributed by atoms with Crippen LogP contribution >= 0.6 is 11.8 Å². The van der Waals surface area contributed by atoms with Gasteiger partial charge in [0.1, 0.15) is 18.1 Å². The lowest BCUT2D eigenvalue weighted by Crippen LogP contribution is -2.30. The van der Waals surface area contributed by atoms with Crippen molar-refractivity contribution in [2.24, 2.45) is 11.8 Å². The number of ether oxygens (including phenoxy) is 3. The van der Waals surface area contributed by atoms with E-state index in [1.54, 1.807) is 7.11 Å². The highest BCUT2D eigenvalue weighted by atomic mass is 32.2. The second-order valence-electron chi connectivity index (χ2n) is 4.74. The quantitative estimate of drug-likeness (QED) is 0.755. The van der Waals surface area contributed by atoms with Crippen molar-refractivity contribution in [1.82, 2.24) is 0 Å². The highest BCUT2D eigenvalue weighted by Crippen LogP contribution is 2.31. The average molecular weight is 296 g/mol. The zero-order valence-electron chi connectivity index (χ0n) is 11.8. The van der Waals surface area contributed by atoms with Gasteiger partial charge in [-0.2, -0.15) is 11.8 Å². The first kappa shape index (κ1) is 15.0. The molecule has 2 rings (SSSR count). The number of methoxy groups -OCH3 is 2. The summed E-state index contributed by atoms with van der Waals surface area (Å²) in [6.45, 7) is 0.365. The molecule has 0 saturated carbocycles. The first-order chi connectivity index (χ1) is 9.74. The van der Waals surface area contributed by atoms with Gasteiger partial charge in [0.25, 0.3) is 0 Å². The molecule has 2 unspecified atom stereocenters. The predicted octanol–water partition coefficient (Wildman–Crippen LogP) is 2.62. The standard InChI is InChI=1S/C15H20O4S/c1-17-12-3-5-13(6-4-12)19-9-14(15(16)18-2)11-7-8-20-10-11/h3-6,11,14H,7-10H2,1-2H3. The van der Waals surface area contributed by atoms with Crippen LogP contribution < -0.4 is 9.47 Å². The van der Waals surface area contributed by atoms with Crippen LogP contribution in [0.3, 0.4) is 0 Å². The van der Waals surface area contributed by atoms with Crippen molar-refractivity contribution in [3.05, 3.63) is 24.3 Å². The lowest BCUT2D eigenvalue weighted by Gasteiger charge is -2.20. The number of carbonyl (C=O) groups is 1. The molecule has 20 heavy (non-hydrogen) atoms. The van der Waals surface area contributed by atoms with Crippen LogP contribution in [0.1, 0.15) is 6.42 Å². The summed E-state index contributed by atoms with van der Waals surface area (Å²) in [6, 6.07) is 7.37. The van der Waals surface area contributed by atoms with E-state index in [-0.39, 0.29) is 11.9 Å². The van der Waals surface area contributed by atoms with Gasteiger partial charge in [-0.3, -0.25) is 4.79 Å². The third kappa shape index (κ3) is 3.82. The molecule has 1 aliphatic rings. The molecule has 1 saturated heterocycles. The molecule has 2 atom stereocenters. The molecule has 1 aliphatic heterocycles. The molecule has 0 amide bonds. The number of benzene rings is 1. The topological polar surface area (TPSA) is 44.8 Å². The predicted molar refractivity (Wildman–Crippen MR) is 79.4 cm³/mol. The minimum atomic E-state index is -0.183. The molecule has 1 fully saturated rings. The van der Waals surface area contributed by atoms with Gasteiger partial charge >= 0.3 is 5.97 Å². The highest BCUT2D eigenvalue weighted by molar-refractivity contribution is 7.99. The molecule has 0 aromatic heterocycles. The highest BCUT2D eigenvalue weighted by Gasteiger charge is 2.32. The summed E-state index contributed by atoms with van der Waals surface area (Å²) in [4.78, 5) is 11.9. The first-order valence-corrected chi connectivity index (χ1v) is 7.82. The monoisotopic (exact) mass is 296 g/mol. The number of esters is 1. The van der Waals surface area contributed by atoms with Crippen molar-refractivity contribution in [2.75, 3.05) is 32.3 Å². The lowest BCUT2D eigenvalue weighted by molar-refractivity contribution is -0.148. The number of thioether (sulfide) groups is 1. The van der Waals surface area contributed by atoms with E-state index in [9.17, 15) is 4.79 Å². The van der Waals surface area contributed by atoms with E-state index in [4.69, 9.17) is 14.2 Å². The van der Waals surface area contributed by atoms with Crippen molar-refractivity contribution < 1.29 is 19.0 Å². The van der Waals surface area contributed by atoms with Gasteiger partial charge in [0.15, 0.2) is 0 Å². The summed E-state index contributed by atoms with van der Waals surface area (Å²) in [6.07, 6.45) is 1.05. The largest absolute Gasteiger partial charge is 0.497 e. The van der Waals surface area contributed by atoms with Gasteiger partial charge < -0.3 is 14.2 Å². The molecule has 0 spiro atoms. The summed E-state index contributed by atoms with van der Waals surface area (Å²) < 4.78 is 15.7. The molecule has 0 aliphatic carbocycles. The fourth-order valence-electron chi connectivity index (χ4n) is 2.28. The minimum Gasteiger partial charge on any atom is -0.497 e. The van der Waals surface area contributed by atoms with Crippen LogP contribution in [0.4, 0.5) is 0 Å². The molecule has 4 nitrogen and oxygen atoms in total. The minimum absolute atomic E-state index is 0.175. The van der Waals surface area contributed by atoms with Crippen molar-refractivity contribution in [3.63, 3.8) is 0 Å². The van der Waals surface area contributed by atoms with E-state index in [1.807, 2.05) is 36.0 Å². The van der Waals surface area contributed by atoms with E-state index in [1.165, 1.54) is 7.11 Å². The van der Waals surface area contributed by atoms with Gasteiger partial charge in [0.2, 0.25) is 0 Å². The zero-order chi connectivity index (χ0) is 14.4. The summed E-state index contributed by atoms with van der Waals surface area (Å²) >= 11 is 1.89. The van der Waals surface area contributed by atoms with Crippen LogP contribution in [-0.2, 0) is 9.53 Å². The van der Waals surface area contributed by atoms with Crippen molar-refractivity contribution in [2.45, 2.75) is 6.42 Å². The Bertz CT molecular complexity index is 426. The van der Waals surface area contributed by atoms with Crippen LogP contribution in [0.15, 0.2) is 24.3 Å². The summed E-state index contributed by atoms with van der Waals surface area (Å²) in [7, 11) is 3.06. The number of hydrogen-bond acceptors (Lipinski definition) is 5. The fourth-order valence-corrected chi connectivity index (χ4v) is 3.61. The SMILES string of the molecule is COC(=O)C(COc1ccc(OC)cc1)C1CCSC1. The van der Waals surface area contributed by atoms with Gasteiger partial charge in [0.05, 0.1) is 20.1 Å². The van der Waals surface area contributed by atoms with Crippen LogP contribution in [0, 0.1) is 11.8 Å². The summed E-state index contributed by atoms with van der Waals surface area (Å²) in [5.41, 5.74) is 0. The van der Waals surface area contributed by atoms with E-state index >= 15 is 0 Å². The van der Waals surface area contributed by atoms with Gasteiger partial charge in [-0.05, 0) is 48.1 Å². The molecule has 0 N–H and O–H groups in total. The molecule has 110 valence electrons. The lowest BCUT2D eigenvalue weighted by atomic mass is 9.92.